The maximum Gasteiger partial charge on any atom is 0.303 e. The Morgan fingerprint density at radius 1 is 0.818 bits per heavy atom. The summed E-state index contributed by atoms with van der Waals surface area (Å²) in [5.74, 6) is -1.90. The summed E-state index contributed by atoms with van der Waals surface area (Å²) in [5, 5.41) is 8.46. The molecular formula is C23H26N4O6. The number of benzene rings is 2. The van der Waals surface area contributed by atoms with E-state index in [1.165, 1.54) is 27.0 Å². The molecule has 0 amide bonds. The lowest BCUT2D eigenvalue weighted by Gasteiger charge is -2.25. The van der Waals surface area contributed by atoms with E-state index in [2.05, 4.69) is 21.1 Å². The molecule has 0 heterocycles. The molecule has 0 aliphatic rings. The van der Waals surface area contributed by atoms with E-state index in [4.69, 9.17) is 14.2 Å². The fourth-order valence-electron chi connectivity index (χ4n) is 2.59. The lowest BCUT2D eigenvalue weighted by atomic mass is 10.1. The van der Waals surface area contributed by atoms with Crippen LogP contribution >= 0.6 is 0 Å². The number of hydrogen-bond donors (Lipinski definition) is 2. The van der Waals surface area contributed by atoms with Crippen molar-refractivity contribution in [3.05, 3.63) is 60.7 Å². The van der Waals surface area contributed by atoms with Gasteiger partial charge in [-0.05, 0) is 24.3 Å². The average molecular weight is 454 g/mol. The molecule has 0 saturated heterocycles. The summed E-state index contributed by atoms with van der Waals surface area (Å²) in [6, 6.07) is 18.2. The van der Waals surface area contributed by atoms with Crippen molar-refractivity contribution in [1.82, 2.24) is 0 Å². The van der Waals surface area contributed by atoms with Crippen molar-refractivity contribution < 1.29 is 28.6 Å². The van der Waals surface area contributed by atoms with Crippen LogP contribution in [0.15, 0.2) is 70.9 Å². The summed E-state index contributed by atoms with van der Waals surface area (Å²) in [5.41, 5.74) is 7.17. The van der Waals surface area contributed by atoms with Crippen molar-refractivity contribution in [2.24, 2.45) is 10.2 Å². The monoisotopic (exact) mass is 454 g/mol. The maximum absolute atomic E-state index is 11.9. The molecule has 2 unspecified atom stereocenters. The SMILES string of the molecule is CC(=O)OCC(OC(C)=O)C(OC(C)=O)C(C=NNc1ccccc1)=NNc1ccccc1. The van der Waals surface area contributed by atoms with Crippen LogP contribution < -0.4 is 10.9 Å². The van der Waals surface area contributed by atoms with Gasteiger partial charge in [0, 0.05) is 20.8 Å². The number of anilines is 2. The average Bonchev–Trinajstić information content (AvgIpc) is 2.78. The molecule has 0 bridgehead atoms. The van der Waals surface area contributed by atoms with Crippen molar-refractivity contribution in [1.29, 1.82) is 0 Å². The molecule has 0 radical (unpaired) electrons. The van der Waals surface area contributed by atoms with E-state index in [0.717, 1.165) is 0 Å². The zero-order valence-corrected chi connectivity index (χ0v) is 18.6. The van der Waals surface area contributed by atoms with Crippen LogP contribution in [0.5, 0.6) is 0 Å². The van der Waals surface area contributed by atoms with Gasteiger partial charge in [0.1, 0.15) is 12.3 Å². The van der Waals surface area contributed by atoms with Crippen LogP contribution in [0.3, 0.4) is 0 Å². The minimum atomic E-state index is -1.22. The molecule has 10 nitrogen and oxygen atoms in total. The van der Waals surface area contributed by atoms with Crippen LogP contribution in [-0.4, -0.2) is 48.6 Å². The molecule has 174 valence electrons. The van der Waals surface area contributed by atoms with Gasteiger partial charge in [-0.25, -0.2) is 0 Å². The Morgan fingerprint density at radius 2 is 1.36 bits per heavy atom. The zero-order valence-electron chi connectivity index (χ0n) is 18.6. The third kappa shape index (κ3) is 9.64. The number of para-hydroxylation sites is 2. The van der Waals surface area contributed by atoms with E-state index < -0.39 is 30.1 Å². The fraction of sp³-hybridized carbons (Fsp3) is 0.261. The third-order valence-corrected chi connectivity index (χ3v) is 3.94. The minimum absolute atomic E-state index is 0.107. The van der Waals surface area contributed by atoms with E-state index in [9.17, 15) is 14.4 Å². The lowest BCUT2D eigenvalue weighted by Crippen LogP contribution is -2.44. The molecule has 0 aliphatic heterocycles. The normalized spacial score (nSPS) is 13.0. The number of hydrogen-bond acceptors (Lipinski definition) is 10. The Labute approximate surface area is 191 Å². The highest BCUT2D eigenvalue weighted by molar-refractivity contribution is 6.33. The number of ether oxygens (including phenoxy) is 3. The number of nitrogens with one attached hydrogen (secondary N) is 2. The number of carbonyl (C=O) groups is 3. The first-order chi connectivity index (χ1) is 15.8. The molecule has 2 aromatic rings. The molecule has 10 heteroatoms. The molecule has 0 aliphatic carbocycles. The second-order valence-electron chi connectivity index (χ2n) is 6.73. The predicted octanol–water partition coefficient (Wildman–Crippen LogP) is 2.98. The van der Waals surface area contributed by atoms with Gasteiger partial charge in [-0.1, -0.05) is 36.4 Å². The standard InChI is InChI=1S/C23H26N4O6/c1-16(28)31-15-22(32-17(2)29)23(33-18(3)30)21(27-26-20-12-8-5-9-13-20)14-24-25-19-10-6-4-7-11-19/h4-14,22-23,25-26H,15H2,1-3H3. The summed E-state index contributed by atoms with van der Waals surface area (Å²) in [6.07, 6.45) is -1.06. The molecule has 0 spiro atoms. The minimum Gasteiger partial charge on any atom is -0.462 e. The number of esters is 3. The summed E-state index contributed by atoms with van der Waals surface area (Å²) in [4.78, 5) is 34.9. The molecule has 2 atom stereocenters. The van der Waals surface area contributed by atoms with Crippen LogP contribution in [0.4, 0.5) is 11.4 Å². The van der Waals surface area contributed by atoms with E-state index in [0.29, 0.717) is 11.4 Å². The summed E-state index contributed by atoms with van der Waals surface area (Å²) in [7, 11) is 0. The first kappa shape index (κ1) is 25.1. The second kappa shape index (κ2) is 13.3. The highest BCUT2D eigenvalue weighted by Gasteiger charge is 2.33. The largest absolute Gasteiger partial charge is 0.462 e. The highest BCUT2D eigenvalue weighted by Crippen LogP contribution is 2.12. The van der Waals surface area contributed by atoms with Gasteiger partial charge in [-0.15, -0.1) is 0 Å². The first-order valence-electron chi connectivity index (χ1n) is 10.1. The summed E-state index contributed by atoms with van der Waals surface area (Å²) >= 11 is 0. The molecule has 2 rings (SSSR count). The smallest absolute Gasteiger partial charge is 0.303 e. The van der Waals surface area contributed by atoms with Gasteiger partial charge in [0.15, 0.2) is 12.2 Å². The van der Waals surface area contributed by atoms with Gasteiger partial charge in [0.25, 0.3) is 0 Å². The van der Waals surface area contributed by atoms with Crippen LogP contribution in [0.1, 0.15) is 20.8 Å². The molecule has 33 heavy (non-hydrogen) atoms. The van der Waals surface area contributed by atoms with E-state index >= 15 is 0 Å². The van der Waals surface area contributed by atoms with Crippen molar-refractivity contribution in [3.63, 3.8) is 0 Å². The van der Waals surface area contributed by atoms with Crippen LogP contribution in [0, 0.1) is 0 Å². The van der Waals surface area contributed by atoms with Crippen molar-refractivity contribution in [3.8, 4) is 0 Å². The zero-order chi connectivity index (χ0) is 24.1. The Hall–Kier alpha value is -4.21. The van der Waals surface area contributed by atoms with Gasteiger partial charge in [-0.3, -0.25) is 25.2 Å². The highest BCUT2D eigenvalue weighted by atomic mass is 16.6. The molecule has 0 aromatic heterocycles. The van der Waals surface area contributed by atoms with Gasteiger partial charge >= 0.3 is 17.9 Å². The quantitative estimate of drug-likeness (QED) is 0.230. The van der Waals surface area contributed by atoms with E-state index in [1.807, 2.05) is 48.5 Å². The number of carbonyl (C=O) groups excluding carboxylic acids is 3. The van der Waals surface area contributed by atoms with Gasteiger partial charge < -0.3 is 14.2 Å². The predicted molar refractivity (Wildman–Crippen MR) is 124 cm³/mol. The van der Waals surface area contributed by atoms with Crippen molar-refractivity contribution in [2.75, 3.05) is 17.5 Å². The van der Waals surface area contributed by atoms with Gasteiger partial charge in [-0.2, -0.15) is 10.2 Å². The number of nitrogens with zero attached hydrogens (tertiary/aromatic N) is 2. The summed E-state index contributed by atoms with van der Waals surface area (Å²) < 4.78 is 15.7. The number of hydrazone groups is 2. The number of rotatable bonds is 11. The van der Waals surface area contributed by atoms with Gasteiger partial charge in [0.2, 0.25) is 0 Å². The maximum atomic E-state index is 11.9. The second-order valence-corrected chi connectivity index (χ2v) is 6.73. The van der Waals surface area contributed by atoms with Gasteiger partial charge in [0.05, 0.1) is 17.6 Å². The van der Waals surface area contributed by atoms with Crippen LogP contribution in [0.25, 0.3) is 0 Å². The first-order valence-corrected chi connectivity index (χ1v) is 10.1. The molecular weight excluding hydrogens is 428 g/mol. The van der Waals surface area contributed by atoms with E-state index in [1.54, 1.807) is 12.1 Å². The Morgan fingerprint density at radius 3 is 1.88 bits per heavy atom. The Bertz CT molecular complexity index is 979. The topological polar surface area (TPSA) is 128 Å². The fourth-order valence-corrected chi connectivity index (χ4v) is 2.59. The molecule has 2 N–H and O–H groups in total. The summed E-state index contributed by atoms with van der Waals surface area (Å²) in [6.45, 7) is 3.25. The van der Waals surface area contributed by atoms with E-state index in [-0.39, 0.29) is 12.3 Å². The Kier molecular flexibility index (Phi) is 10.1. The van der Waals surface area contributed by atoms with Crippen molar-refractivity contribution in [2.45, 2.75) is 33.0 Å². The Balaban J connectivity index is 2.38. The van der Waals surface area contributed by atoms with Crippen molar-refractivity contribution >= 4 is 41.2 Å². The lowest BCUT2D eigenvalue weighted by molar-refractivity contribution is -0.167. The molecule has 0 saturated carbocycles. The van der Waals surface area contributed by atoms with Crippen LogP contribution in [0.2, 0.25) is 0 Å². The molecule has 2 aromatic carbocycles. The van der Waals surface area contributed by atoms with Crippen LogP contribution in [-0.2, 0) is 28.6 Å². The molecule has 0 fully saturated rings. The third-order valence-electron chi connectivity index (χ3n) is 3.94.